The van der Waals surface area contributed by atoms with Crippen molar-refractivity contribution in [2.45, 2.75) is 0 Å². The molecule has 150 valence electrons. The Bertz CT molecular complexity index is 814. The number of ether oxygens (including phenoxy) is 4. The highest BCUT2D eigenvalue weighted by Crippen LogP contribution is 2.35. The van der Waals surface area contributed by atoms with Crippen LogP contribution in [0.4, 0.5) is 5.69 Å². The van der Waals surface area contributed by atoms with Gasteiger partial charge in [0.15, 0.2) is 11.5 Å². The van der Waals surface area contributed by atoms with E-state index < -0.39 is 0 Å². The number of anilines is 1. The van der Waals surface area contributed by atoms with Crippen molar-refractivity contribution in [1.82, 2.24) is 4.90 Å². The van der Waals surface area contributed by atoms with E-state index in [1.807, 2.05) is 29.2 Å². The minimum atomic E-state index is -0.0767. The molecule has 0 atom stereocenters. The lowest BCUT2D eigenvalue weighted by molar-refractivity contribution is 0.0743. The minimum Gasteiger partial charge on any atom is -0.497 e. The average molecular weight is 386 g/mol. The molecule has 0 aromatic heterocycles. The zero-order chi connectivity index (χ0) is 20.1. The van der Waals surface area contributed by atoms with E-state index in [9.17, 15) is 4.79 Å². The maximum atomic E-state index is 13.1. The maximum Gasteiger partial charge on any atom is 0.257 e. The Kier molecular flexibility index (Phi) is 6.13. The van der Waals surface area contributed by atoms with E-state index in [0.29, 0.717) is 35.9 Å². The summed E-state index contributed by atoms with van der Waals surface area (Å²) in [6, 6.07) is 11.3. The van der Waals surface area contributed by atoms with Crippen LogP contribution in [0.1, 0.15) is 10.4 Å². The molecule has 1 heterocycles. The molecule has 28 heavy (non-hydrogen) atoms. The standard InChI is InChI=1S/C21H26N2O5/c1-25-16-7-5-15(6-8-16)22-9-11-23(12-10-22)21(24)17-13-19(27-3)20(28-4)14-18(17)26-2/h5-8,13-14H,9-12H2,1-4H3. The summed E-state index contributed by atoms with van der Waals surface area (Å²) in [5.41, 5.74) is 1.59. The van der Waals surface area contributed by atoms with Crippen molar-refractivity contribution in [1.29, 1.82) is 0 Å². The average Bonchev–Trinajstić information content (AvgIpc) is 2.77. The van der Waals surface area contributed by atoms with Gasteiger partial charge in [-0.05, 0) is 24.3 Å². The van der Waals surface area contributed by atoms with Crippen molar-refractivity contribution in [2.24, 2.45) is 0 Å². The molecule has 0 unspecified atom stereocenters. The van der Waals surface area contributed by atoms with Crippen LogP contribution in [0.25, 0.3) is 0 Å². The van der Waals surface area contributed by atoms with Gasteiger partial charge in [0.1, 0.15) is 11.5 Å². The second kappa shape index (κ2) is 8.73. The predicted octanol–water partition coefficient (Wildman–Crippen LogP) is 2.68. The van der Waals surface area contributed by atoms with Gasteiger partial charge in [0.05, 0.1) is 34.0 Å². The van der Waals surface area contributed by atoms with Gasteiger partial charge in [0, 0.05) is 44.0 Å². The third-order valence-electron chi connectivity index (χ3n) is 4.94. The molecular weight excluding hydrogens is 360 g/mol. The Labute approximate surface area is 165 Å². The summed E-state index contributed by atoms with van der Waals surface area (Å²) < 4.78 is 21.2. The number of hydrogen-bond acceptors (Lipinski definition) is 6. The van der Waals surface area contributed by atoms with Gasteiger partial charge in [0.2, 0.25) is 0 Å². The number of methoxy groups -OCH3 is 4. The van der Waals surface area contributed by atoms with Crippen LogP contribution < -0.4 is 23.8 Å². The van der Waals surface area contributed by atoms with Crippen LogP contribution in [0.5, 0.6) is 23.0 Å². The van der Waals surface area contributed by atoms with Crippen LogP contribution in [0.15, 0.2) is 36.4 Å². The molecule has 3 rings (SSSR count). The molecule has 2 aromatic carbocycles. The molecule has 1 amide bonds. The first-order valence-electron chi connectivity index (χ1n) is 9.09. The molecule has 7 heteroatoms. The minimum absolute atomic E-state index is 0.0767. The van der Waals surface area contributed by atoms with E-state index in [2.05, 4.69) is 4.90 Å². The number of nitrogens with zero attached hydrogens (tertiary/aromatic N) is 2. The fraction of sp³-hybridized carbons (Fsp3) is 0.381. The molecule has 0 N–H and O–H groups in total. The molecule has 1 fully saturated rings. The summed E-state index contributed by atoms with van der Waals surface area (Å²) in [4.78, 5) is 17.2. The lowest BCUT2D eigenvalue weighted by Crippen LogP contribution is -2.48. The molecule has 1 aliphatic heterocycles. The molecule has 0 bridgehead atoms. The number of amides is 1. The summed E-state index contributed by atoms with van der Waals surface area (Å²) in [6.07, 6.45) is 0. The van der Waals surface area contributed by atoms with Crippen LogP contribution in [0, 0.1) is 0 Å². The predicted molar refractivity (Wildman–Crippen MR) is 107 cm³/mol. The molecule has 7 nitrogen and oxygen atoms in total. The van der Waals surface area contributed by atoms with Crippen LogP contribution >= 0.6 is 0 Å². The van der Waals surface area contributed by atoms with Crippen LogP contribution in [0.2, 0.25) is 0 Å². The fourth-order valence-corrected chi connectivity index (χ4v) is 3.33. The van der Waals surface area contributed by atoms with Crippen LogP contribution in [0.3, 0.4) is 0 Å². The van der Waals surface area contributed by atoms with E-state index in [4.69, 9.17) is 18.9 Å². The zero-order valence-corrected chi connectivity index (χ0v) is 16.7. The normalized spacial score (nSPS) is 13.9. The second-order valence-corrected chi connectivity index (χ2v) is 6.38. The van der Waals surface area contributed by atoms with Crippen molar-refractivity contribution in [2.75, 3.05) is 59.5 Å². The smallest absolute Gasteiger partial charge is 0.257 e. The summed E-state index contributed by atoms with van der Waals surface area (Å²) in [5, 5.41) is 0. The van der Waals surface area contributed by atoms with Gasteiger partial charge in [-0.2, -0.15) is 0 Å². The molecule has 0 aliphatic carbocycles. The van der Waals surface area contributed by atoms with Crippen molar-refractivity contribution < 1.29 is 23.7 Å². The van der Waals surface area contributed by atoms with E-state index >= 15 is 0 Å². The van der Waals surface area contributed by atoms with Crippen LogP contribution in [-0.2, 0) is 0 Å². The number of hydrogen-bond donors (Lipinski definition) is 0. The maximum absolute atomic E-state index is 13.1. The Morgan fingerprint density at radius 1 is 0.750 bits per heavy atom. The van der Waals surface area contributed by atoms with Crippen molar-refractivity contribution in [3.8, 4) is 23.0 Å². The summed E-state index contributed by atoms with van der Waals surface area (Å²) in [7, 11) is 6.30. The molecule has 1 saturated heterocycles. The lowest BCUT2D eigenvalue weighted by atomic mass is 10.1. The lowest BCUT2D eigenvalue weighted by Gasteiger charge is -2.36. The first-order chi connectivity index (χ1) is 13.6. The number of carbonyl (C=O) groups is 1. The Morgan fingerprint density at radius 3 is 1.86 bits per heavy atom. The zero-order valence-electron chi connectivity index (χ0n) is 16.7. The molecule has 0 saturated carbocycles. The van der Waals surface area contributed by atoms with Gasteiger partial charge in [-0.3, -0.25) is 4.79 Å². The Balaban J connectivity index is 1.72. The molecular formula is C21H26N2O5. The number of piperazine rings is 1. The monoisotopic (exact) mass is 386 g/mol. The van der Waals surface area contributed by atoms with E-state index in [0.717, 1.165) is 24.5 Å². The second-order valence-electron chi connectivity index (χ2n) is 6.38. The topological polar surface area (TPSA) is 60.5 Å². The summed E-state index contributed by atoms with van der Waals surface area (Å²) in [6.45, 7) is 2.77. The fourth-order valence-electron chi connectivity index (χ4n) is 3.33. The highest BCUT2D eigenvalue weighted by Gasteiger charge is 2.26. The largest absolute Gasteiger partial charge is 0.497 e. The van der Waals surface area contributed by atoms with Gasteiger partial charge in [0.25, 0.3) is 5.91 Å². The van der Waals surface area contributed by atoms with Gasteiger partial charge in [-0.25, -0.2) is 0 Å². The quantitative estimate of drug-likeness (QED) is 0.761. The number of rotatable bonds is 6. The van der Waals surface area contributed by atoms with E-state index in [-0.39, 0.29) is 5.91 Å². The highest BCUT2D eigenvalue weighted by atomic mass is 16.5. The third-order valence-corrected chi connectivity index (χ3v) is 4.94. The Morgan fingerprint density at radius 2 is 1.32 bits per heavy atom. The molecule has 2 aromatic rings. The SMILES string of the molecule is COc1ccc(N2CCN(C(=O)c3cc(OC)c(OC)cc3OC)CC2)cc1. The number of benzene rings is 2. The Hall–Kier alpha value is -3.09. The van der Waals surface area contributed by atoms with E-state index in [1.165, 1.54) is 0 Å². The van der Waals surface area contributed by atoms with Crippen molar-refractivity contribution in [3.05, 3.63) is 42.0 Å². The van der Waals surface area contributed by atoms with E-state index in [1.54, 1.807) is 40.6 Å². The first kappa shape index (κ1) is 19.7. The third kappa shape index (κ3) is 3.93. The molecule has 1 aliphatic rings. The highest BCUT2D eigenvalue weighted by molar-refractivity contribution is 5.98. The summed E-state index contributed by atoms with van der Waals surface area (Å²) in [5.74, 6) is 2.26. The molecule has 0 spiro atoms. The van der Waals surface area contributed by atoms with Gasteiger partial charge >= 0.3 is 0 Å². The van der Waals surface area contributed by atoms with Crippen molar-refractivity contribution >= 4 is 11.6 Å². The first-order valence-corrected chi connectivity index (χ1v) is 9.09. The van der Waals surface area contributed by atoms with Gasteiger partial charge in [-0.15, -0.1) is 0 Å². The van der Waals surface area contributed by atoms with Gasteiger partial charge < -0.3 is 28.7 Å². The van der Waals surface area contributed by atoms with Crippen LogP contribution in [-0.4, -0.2) is 65.4 Å². The molecule has 0 radical (unpaired) electrons. The number of carbonyl (C=O) groups excluding carboxylic acids is 1. The van der Waals surface area contributed by atoms with Crippen molar-refractivity contribution in [3.63, 3.8) is 0 Å². The van der Waals surface area contributed by atoms with Gasteiger partial charge in [-0.1, -0.05) is 0 Å². The summed E-state index contributed by atoms with van der Waals surface area (Å²) >= 11 is 0.